The summed E-state index contributed by atoms with van der Waals surface area (Å²) < 4.78 is 4.62. The minimum Gasteiger partial charge on any atom is -0.469 e. The van der Waals surface area contributed by atoms with E-state index >= 15 is 0 Å². The Morgan fingerprint density at radius 2 is 1.68 bits per heavy atom. The highest BCUT2D eigenvalue weighted by Crippen LogP contribution is 2.20. The van der Waals surface area contributed by atoms with Crippen LogP contribution >= 0.6 is 11.3 Å². The minimum atomic E-state index is -0.345. The molecular weight excluding hydrogens is 370 g/mol. The topological polar surface area (TPSA) is 56.3 Å². The summed E-state index contributed by atoms with van der Waals surface area (Å²) in [5.41, 5.74) is 4.31. The molecule has 0 amide bonds. The van der Waals surface area contributed by atoms with Crippen molar-refractivity contribution in [3.05, 3.63) is 76.2 Å². The number of unbranched alkanes of at least 4 members (excludes halogenated alkanes) is 1. The number of hydrogen-bond donors (Lipinski definition) is 0. The molecule has 1 heterocycles. The summed E-state index contributed by atoms with van der Waals surface area (Å²) in [6, 6.07) is 18.9. The summed E-state index contributed by atoms with van der Waals surface area (Å²) in [6.45, 7) is 0. The molecule has 0 saturated carbocycles. The number of thiazole rings is 1. The molecule has 0 spiro atoms. The average molecular weight is 394 g/mol. The second-order valence-corrected chi connectivity index (χ2v) is 7.45. The van der Waals surface area contributed by atoms with Gasteiger partial charge in [-0.15, -0.1) is 11.3 Å². The van der Waals surface area contributed by atoms with Gasteiger partial charge < -0.3 is 4.74 Å². The molecule has 4 nitrogen and oxygen atoms in total. The number of rotatable bonds is 9. The lowest BCUT2D eigenvalue weighted by atomic mass is 10.0. The van der Waals surface area contributed by atoms with Crippen molar-refractivity contribution >= 4 is 23.1 Å². The number of nitrogens with zero attached hydrogens (tertiary/aromatic N) is 1. The summed E-state index contributed by atoms with van der Waals surface area (Å²) in [6.07, 6.45) is 3.32. The quantitative estimate of drug-likeness (QED) is 0.288. The summed E-state index contributed by atoms with van der Waals surface area (Å²) in [5, 5.41) is 2.23. The van der Waals surface area contributed by atoms with E-state index in [-0.39, 0.29) is 18.2 Å². The van der Waals surface area contributed by atoms with E-state index in [0.717, 1.165) is 19.3 Å². The highest BCUT2D eigenvalue weighted by Gasteiger charge is 2.13. The molecule has 5 heteroatoms. The van der Waals surface area contributed by atoms with E-state index in [1.807, 2.05) is 18.2 Å². The average Bonchev–Trinajstić information content (AvgIpc) is 3.20. The maximum absolute atomic E-state index is 12.3. The molecule has 0 atom stereocenters. The Balaban J connectivity index is 1.43. The van der Waals surface area contributed by atoms with E-state index in [2.05, 4.69) is 46.1 Å². The number of ketones is 1. The summed E-state index contributed by atoms with van der Waals surface area (Å²) in [7, 11) is 1.34. The first-order valence-corrected chi connectivity index (χ1v) is 10.2. The Labute approximate surface area is 169 Å². The van der Waals surface area contributed by atoms with Gasteiger partial charge in [-0.25, -0.2) is 4.98 Å². The van der Waals surface area contributed by atoms with Crippen molar-refractivity contribution in [2.45, 2.75) is 32.1 Å². The molecule has 0 N–H and O–H groups in total. The van der Waals surface area contributed by atoms with Gasteiger partial charge >= 0.3 is 5.97 Å². The van der Waals surface area contributed by atoms with Gasteiger partial charge in [-0.2, -0.15) is 0 Å². The first-order chi connectivity index (χ1) is 13.7. The third-order valence-electron chi connectivity index (χ3n) is 4.52. The van der Waals surface area contributed by atoms with Crippen molar-refractivity contribution in [2.75, 3.05) is 7.11 Å². The van der Waals surface area contributed by atoms with Crippen molar-refractivity contribution in [3.8, 4) is 11.1 Å². The molecule has 2 aromatic carbocycles. The number of Topliss-reactive ketones (excluding diaryl/α,β-unsaturated/α-hetero) is 1. The molecule has 0 saturated heterocycles. The van der Waals surface area contributed by atoms with Crippen LogP contribution in [-0.4, -0.2) is 23.8 Å². The van der Waals surface area contributed by atoms with Crippen molar-refractivity contribution < 1.29 is 14.3 Å². The fraction of sp³-hybridized carbons (Fsp3) is 0.261. The second kappa shape index (κ2) is 9.95. The SMILES string of the molecule is COC(=O)Cc1csc(C(=O)CCCCc2ccc(-c3ccccc3)cc2)n1. The smallest absolute Gasteiger partial charge is 0.311 e. The van der Waals surface area contributed by atoms with Crippen LogP contribution in [0.1, 0.15) is 40.3 Å². The number of methoxy groups -OCH3 is 1. The van der Waals surface area contributed by atoms with Crippen molar-refractivity contribution in [1.82, 2.24) is 4.98 Å². The zero-order chi connectivity index (χ0) is 19.8. The Hall–Kier alpha value is -2.79. The molecular formula is C23H23NO3S. The van der Waals surface area contributed by atoms with Gasteiger partial charge in [0.25, 0.3) is 0 Å². The maximum Gasteiger partial charge on any atom is 0.311 e. The predicted octanol–water partition coefficient (Wildman–Crippen LogP) is 5.12. The number of ether oxygens (including phenoxy) is 1. The fourth-order valence-corrected chi connectivity index (χ4v) is 3.74. The van der Waals surface area contributed by atoms with Crippen molar-refractivity contribution in [1.29, 1.82) is 0 Å². The third kappa shape index (κ3) is 5.60. The Kier molecular flexibility index (Phi) is 7.09. The molecule has 0 fully saturated rings. The number of carbonyl (C=O) groups excluding carboxylic acids is 2. The predicted molar refractivity (Wildman–Crippen MR) is 112 cm³/mol. The van der Waals surface area contributed by atoms with Gasteiger partial charge in [0.2, 0.25) is 0 Å². The Morgan fingerprint density at radius 3 is 2.39 bits per heavy atom. The van der Waals surface area contributed by atoms with Crippen molar-refractivity contribution in [2.24, 2.45) is 0 Å². The van der Waals surface area contributed by atoms with Crippen LogP contribution in [0.3, 0.4) is 0 Å². The van der Waals surface area contributed by atoms with Gasteiger partial charge in [0, 0.05) is 11.8 Å². The number of esters is 1. The summed E-state index contributed by atoms with van der Waals surface area (Å²) >= 11 is 1.30. The Bertz CT molecular complexity index is 917. The van der Waals surface area contributed by atoms with Gasteiger partial charge in [0.15, 0.2) is 10.8 Å². The lowest BCUT2D eigenvalue weighted by molar-refractivity contribution is -0.139. The lowest BCUT2D eigenvalue weighted by Crippen LogP contribution is -2.05. The zero-order valence-electron chi connectivity index (χ0n) is 15.9. The number of carbonyl (C=O) groups is 2. The largest absolute Gasteiger partial charge is 0.469 e. The van der Waals surface area contributed by atoms with E-state index in [0.29, 0.717) is 17.1 Å². The molecule has 0 unspecified atom stereocenters. The number of aromatic nitrogens is 1. The molecule has 0 aliphatic heterocycles. The monoisotopic (exact) mass is 393 g/mol. The minimum absolute atomic E-state index is 0.0422. The number of benzene rings is 2. The molecule has 0 bridgehead atoms. The van der Waals surface area contributed by atoms with E-state index < -0.39 is 0 Å². The standard InChI is InChI=1S/C23H23NO3S/c1-27-22(26)15-20-16-28-23(24-20)21(25)10-6-5-7-17-11-13-19(14-12-17)18-8-3-2-4-9-18/h2-4,8-9,11-14,16H,5-7,10,15H2,1H3. The highest BCUT2D eigenvalue weighted by atomic mass is 32.1. The molecule has 0 radical (unpaired) electrons. The van der Waals surface area contributed by atoms with Gasteiger partial charge in [0.05, 0.1) is 19.2 Å². The summed E-state index contributed by atoms with van der Waals surface area (Å²) in [5.74, 6) is -0.303. The zero-order valence-corrected chi connectivity index (χ0v) is 16.7. The molecule has 3 rings (SSSR count). The van der Waals surface area contributed by atoms with Crippen LogP contribution in [0.5, 0.6) is 0 Å². The molecule has 1 aromatic heterocycles. The second-order valence-electron chi connectivity index (χ2n) is 6.59. The van der Waals surface area contributed by atoms with Crippen LogP contribution in [0.4, 0.5) is 0 Å². The molecule has 0 aliphatic carbocycles. The molecule has 3 aromatic rings. The fourth-order valence-electron chi connectivity index (χ4n) is 2.95. The highest BCUT2D eigenvalue weighted by molar-refractivity contribution is 7.11. The van der Waals surface area contributed by atoms with Crippen LogP contribution < -0.4 is 0 Å². The van der Waals surface area contributed by atoms with E-state index in [9.17, 15) is 9.59 Å². The van der Waals surface area contributed by atoms with Gasteiger partial charge in [-0.05, 0) is 36.0 Å². The van der Waals surface area contributed by atoms with E-state index in [1.54, 1.807) is 5.38 Å². The van der Waals surface area contributed by atoms with Gasteiger partial charge in [-0.3, -0.25) is 9.59 Å². The van der Waals surface area contributed by atoms with Gasteiger partial charge in [0.1, 0.15) is 0 Å². The Morgan fingerprint density at radius 1 is 0.964 bits per heavy atom. The van der Waals surface area contributed by atoms with E-state index in [1.165, 1.54) is 35.1 Å². The van der Waals surface area contributed by atoms with Crippen LogP contribution in [-0.2, 0) is 22.4 Å². The van der Waals surface area contributed by atoms with Crippen LogP contribution in [0.2, 0.25) is 0 Å². The summed E-state index contributed by atoms with van der Waals surface area (Å²) in [4.78, 5) is 27.8. The first kappa shape index (κ1) is 20.0. The first-order valence-electron chi connectivity index (χ1n) is 9.34. The van der Waals surface area contributed by atoms with Crippen molar-refractivity contribution in [3.63, 3.8) is 0 Å². The normalized spacial score (nSPS) is 10.6. The molecule has 144 valence electrons. The molecule has 0 aliphatic rings. The van der Waals surface area contributed by atoms with Crippen LogP contribution in [0.25, 0.3) is 11.1 Å². The van der Waals surface area contributed by atoms with Gasteiger partial charge in [-0.1, -0.05) is 54.6 Å². The van der Waals surface area contributed by atoms with Crippen LogP contribution in [0, 0.1) is 0 Å². The number of aryl methyl sites for hydroxylation is 1. The third-order valence-corrected chi connectivity index (χ3v) is 5.46. The maximum atomic E-state index is 12.3. The van der Waals surface area contributed by atoms with E-state index in [4.69, 9.17) is 0 Å². The molecule has 28 heavy (non-hydrogen) atoms. The number of hydrogen-bond acceptors (Lipinski definition) is 5. The lowest BCUT2D eigenvalue weighted by Gasteiger charge is -2.04. The van der Waals surface area contributed by atoms with Crippen LogP contribution in [0.15, 0.2) is 60.0 Å².